The van der Waals surface area contributed by atoms with Crippen molar-refractivity contribution < 1.29 is 89.8 Å². The van der Waals surface area contributed by atoms with Crippen LogP contribution in [-0.4, -0.2) is 185 Å². The molecule has 5 unspecified atom stereocenters. The molecule has 3 rings (SSSR count). The maximum atomic E-state index is 12.2. The lowest BCUT2D eigenvalue weighted by Crippen LogP contribution is -2.67. The lowest BCUT2D eigenvalue weighted by Gasteiger charge is -2.47. The highest BCUT2D eigenvalue weighted by Gasteiger charge is 2.56. The Bertz CT molecular complexity index is 837. The number of hydrogen-bond donors (Lipinski definition) is 13. The number of carbonyl (C=O) groups is 1. The molecule has 3 heterocycles. The van der Waals surface area contributed by atoms with Gasteiger partial charge in [-0.05, 0) is 0 Å². The van der Waals surface area contributed by atoms with E-state index in [1.165, 1.54) is 0 Å². The summed E-state index contributed by atoms with van der Waals surface area (Å²) in [6.45, 7) is -2.70. The molecule has 3 aliphatic heterocycles. The van der Waals surface area contributed by atoms with E-state index in [2.05, 4.69) is 0 Å². The van der Waals surface area contributed by atoms with E-state index >= 15 is 0 Å². The predicted molar refractivity (Wildman–Crippen MR) is 120 cm³/mol. The second-order valence-electron chi connectivity index (χ2n) is 9.89. The van der Waals surface area contributed by atoms with E-state index < -0.39 is 130 Å². The largest absolute Gasteiger partial charge is 0.477 e. The standard InChI is InChI=1S/C21H37NO18/c22-9-5(25)1-21(20(34)35,40-17(9)10(27)6(26)2-23)36-4-8-11(28)12(29)15(32)19(38-8)39-16-7(3-24)37-18(33)14(31)13(16)30/h5-19,23-33H,1-4,22H2,(H,34,35)/t5-,6-,7?,8?,9-,10-,11+,12?,13?,14+,15+,16-,17?,18-,19+,21-/m1/s1. The Morgan fingerprint density at radius 3 is 2.15 bits per heavy atom. The first-order chi connectivity index (χ1) is 18.7. The van der Waals surface area contributed by atoms with Crippen LogP contribution in [0.3, 0.4) is 0 Å². The highest BCUT2D eigenvalue weighted by Crippen LogP contribution is 2.34. The molecule has 0 bridgehead atoms. The lowest BCUT2D eigenvalue weighted by atomic mass is 9.89. The Morgan fingerprint density at radius 1 is 0.925 bits per heavy atom. The zero-order chi connectivity index (χ0) is 30.1. The van der Waals surface area contributed by atoms with Gasteiger partial charge in [0.25, 0.3) is 5.79 Å². The van der Waals surface area contributed by atoms with Gasteiger partial charge in [-0.25, -0.2) is 4.79 Å². The van der Waals surface area contributed by atoms with Gasteiger partial charge in [0.15, 0.2) is 12.6 Å². The van der Waals surface area contributed by atoms with Gasteiger partial charge in [-0.3, -0.25) is 0 Å². The Kier molecular flexibility index (Phi) is 11.2. The molecule has 19 nitrogen and oxygen atoms in total. The van der Waals surface area contributed by atoms with Crippen LogP contribution < -0.4 is 5.73 Å². The van der Waals surface area contributed by atoms with Gasteiger partial charge in [0.2, 0.25) is 0 Å². The first kappa shape index (κ1) is 33.3. The number of aliphatic carboxylic acids is 1. The van der Waals surface area contributed by atoms with Crippen molar-refractivity contribution in [2.24, 2.45) is 5.73 Å². The Labute approximate surface area is 226 Å². The molecule has 3 fully saturated rings. The molecule has 19 heteroatoms. The minimum atomic E-state index is -2.74. The highest BCUT2D eigenvalue weighted by molar-refractivity contribution is 5.76. The maximum absolute atomic E-state index is 12.2. The molecule has 0 aromatic heterocycles. The van der Waals surface area contributed by atoms with Gasteiger partial charge in [0.05, 0.1) is 32.0 Å². The van der Waals surface area contributed by atoms with Crippen molar-refractivity contribution >= 4 is 5.97 Å². The van der Waals surface area contributed by atoms with Crippen molar-refractivity contribution in [3.05, 3.63) is 0 Å². The van der Waals surface area contributed by atoms with Crippen LogP contribution in [0.1, 0.15) is 6.42 Å². The van der Waals surface area contributed by atoms with E-state index in [9.17, 15) is 61.0 Å². The Morgan fingerprint density at radius 2 is 1.57 bits per heavy atom. The highest BCUT2D eigenvalue weighted by atomic mass is 16.8. The average Bonchev–Trinajstić information content (AvgIpc) is 2.93. The molecular weight excluding hydrogens is 554 g/mol. The number of ether oxygens (including phenoxy) is 5. The summed E-state index contributed by atoms with van der Waals surface area (Å²) in [6.07, 6.45) is -26.2. The molecule has 0 spiro atoms. The lowest BCUT2D eigenvalue weighted by molar-refractivity contribution is -0.364. The summed E-state index contributed by atoms with van der Waals surface area (Å²) >= 11 is 0. The summed E-state index contributed by atoms with van der Waals surface area (Å²) in [6, 6.07) is -1.42. The van der Waals surface area contributed by atoms with E-state index in [4.69, 9.17) is 34.5 Å². The maximum Gasteiger partial charge on any atom is 0.364 e. The van der Waals surface area contributed by atoms with Crippen LogP contribution >= 0.6 is 0 Å². The van der Waals surface area contributed by atoms with Crippen molar-refractivity contribution in [3.8, 4) is 0 Å². The molecule has 234 valence electrons. The molecule has 0 saturated carbocycles. The molecule has 16 atom stereocenters. The van der Waals surface area contributed by atoms with Gasteiger partial charge in [0, 0.05) is 6.42 Å². The number of carboxylic acid groups (broad SMARTS) is 1. The molecule has 0 aromatic carbocycles. The van der Waals surface area contributed by atoms with Crippen LogP contribution in [0.5, 0.6) is 0 Å². The molecule has 0 aromatic rings. The molecule has 0 amide bonds. The number of aliphatic hydroxyl groups is 11. The molecule has 14 N–H and O–H groups in total. The molecule has 0 radical (unpaired) electrons. The van der Waals surface area contributed by atoms with E-state index in [0.29, 0.717) is 0 Å². The quantitative estimate of drug-likeness (QED) is 0.112. The van der Waals surface area contributed by atoms with Gasteiger partial charge in [-0.2, -0.15) is 0 Å². The van der Waals surface area contributed by atoms with Gasteiger partial charge >= 0.3 is 5.97 Å². The van der Waals surface area contributed by atoms with Gasteiger partial charge in [-0.1, -0.05) is 0 Å². The fraction of sp³-hybridized carbons (Fsp3) is 0.952. The number of rotatable bonds is 10. The van der Waals surface area contributed by atoms with E-state index in [1.54, 1.807) is 0 Å². The Balaban J connectivity index is 1.77. The third kappa shape index (κ3) is 6.55. The van der Waals surface area contributed by atoms with Crippen LogP contribution in [0.4, 0.5) is 0 Å². The molecule has 40 heavy (non-hydrogen) atoms. The average molecular weight is 592 g/mol. The molecule has 0 aliphatic carbocycles. The summed E-state index contributed by atoms with van der Waals surface area (Å²) in [7, 11) is 0. The van der Waals surface area contributed by atoms with E-state index in [1.807, 2.05) is 0 Å². The minimum absolute atomic E-state index is 0.806. The fourth-order valence-corrected chi connectivity index (χ4v) is 4.67. The molecular formula is C21H37NO18. The van der Waals surface area contributed by atoms with Crippen LogP contribution in [0.2, 0.25) is 0 Å². The van der Waals surface area contributed by atoms with Crippen molar-refractivity contribution in [2.45, 2.75) is 104 Å². The molecule has 3 saturated heterocycles. The zero-order valence-corrected chi connectivity index (χ0v) is 20.9. The summed E-state index contributed by atoms with van der Waals surface area (Å²) < 4.78 is 26.5. The van der Waals surface area contributed by atoms with Crippen molar-refractivity contribution in [1.82, 2.24) is 0 Å². The van der Waals surface area contributed by atoms with Crippen molar-refractivity contribution in [2.75, 3.05) is 19.8 Å². The van der Waals surface area contributed by atoms with Crippen molar-refractivity contribution in [1.29, 1.82) is 0 Å². The fourth-order valence-electron chi connectivity index (χ4n) is 4.67. The van der Waals surface area contributed by atoms with Gasteiger partial charge < -0.3 is 90.7 Å². The van der Waals surface area contributed by atoms with Crippen molar-refractivity contribution in [3.63, 3.8) is 0 Å². The van der Waals surface area contributed by atoms with Crippen LogP contribution in [-0.2, 0) is 28.5 Å². The summed E-state index contributed by atoms with van der Waals surface area (Å²) in [5.74, 6) is -4.57. The number of nitrogens with two attached hydrogens (primary N) is 1. The smallest absolute Gasteiger partial charge is 0.364 e. The monoisotopic (exact) mass is 591 g/mol. The van der Waals surface area contributed by atoms with Gasteiger partial charge in [-0.15, -0.1) is 0 Å². The second kappa shape index (κ2) is 13.4. The SMILES string of the molecule is N[C@H]1C([C@H](O)[C@H](O)CO)O[C@@](OCC2O[C@@H](O[C@@H]3C(CO)O[C@@H](O)[C@@H](O)C3O)[C@@H](O)C(O)[C@H]2O)(C(=O)O)C[C@H]1O. The minimum Gasteiger partial charge on any atom is -0.477 e. The third-order valence-electron chi connectivity index (χ3n) is 7.15. The van der Waals surface area contributed by atoms with Crippen LogP contribution in [0.25, 0.3) is 0 Å². The second-order valence-corrected chi connectivity index (χ2v) is 9.89. The first-order valence-electron chi connectivity index (χ1n) is 12.3. The number of carboxylic acids is 1. The topological polar surface area (TPSA) is 332 Å². The predicted octanol–water partition coefficient (Wildman–Crippen LogP) is -8.40. The van der Waals surface area contributed by atoms with E-state index in [-0.39, 0.29) is 0 Å². The summed E-state index contributed by atoms with van der Waals surface area (Å²) in [5.41, 5.74) is 5.79. The third-order valence-corrected chi connectivity index (χ3v) is 7.15. The Hall–Kier alpha value is -1.21. The van der Waals surface area contributed by atoms with Crippen LogP contribution in [0, 0.1) is 0 Å². The summed E-state index contributed by atoms with van der Waals surface area (Å²) in [4.78, 5) is 12.2. The van der Waals surface area contributed by atoms with Crippen LogP contribution in [0.15, 0.2) is 0 Å². The van der Waals surface area contributed by atoms with E-state index in [0.717, 1.165) is 0 Å². The summed E-state index contributed by atoms with van der Waals surface area (Å²) in [5, 5.41) is 120. The zero-order valence-electron chi connectivity index (χ0n) is 20.9. The number of hydrogen-bond acceptors (Lipinski definition) is 18. The molecule has 3 aliphatic rings. The number of aliphatic hydroxyl groups excluding tert-OH is 11. The first-order valence-corrected chi connectivity index (χ1v) is 12.3. The normalized spacial score (nSPS) is 48.0. The van der Waals surface area contributed by atoms with Gasteiger partial charge in [0.1, 0.15) is 67.1 Å².